The number of aryl methyl sites for hydroxylation is 2. The number of hydrogen-bond donors (Lipinski definition) is 1. The van der Waals surface area contributed by atoms with Crippen molar-refractivity contribution in [1.29, 1.82) is 0 Å². The van der Waals surface area contributed by atoms with Crippen LogP contribution >= 0.6 is 0 Å². The van der Waals surface area contributed by atoms with E-state index in [0.29, 0.717) is 12.1 Å². The molecule has 146 valence electrons. The minimum absolute atomic E-state index is 0.159. The smallest absolute Gasteiger partial charge is 0.290 e. The van der Waals surface area contributed by atoms with Crippen LogP contribution in [-0.4, -0.2) is 15.9 Å². The maximum atomic E-state index is 13.1. The molecule has 0 aliphatic carbocycles. The highest BCUT2D eigenvalue weighted by Gasteiger charge is 2.40. The molecular weight excluding hydrogens is 358 g/mol. The Labute approximate surface area is 171 Å². The van der Waals surface area contributed by atoms with Crippen molar-refractivity contribution in [3.63, 3.8) is 0 Å². The molecular formula is C26H25NO2. The Morgan fingerprint density at radius 3 is 2.10 bits per heavy atom. The molecule has 1 N–H and O–H groups in total. The van der Waals surface area contributed by atoms with Gasteiger partial charge < -0.3 is 10.0 Å². The van der Waals surface area contributed by atoms with Gasteiger partial charge >= 0.3 is 0 Å². The summed E-state index contributed by atoms with van der Waals surface area (Å²) in [5.74, 6) is -0.484. The van der Waals surface area contributed by atoms with E-state index in [1.165, 1.54) is 11.1 Å². The van der Waals surface area contributed by atoms with Crippen LogP contribution in [0, 0.1) is 6.92 Å². The molecule has 1 aliphatic heterocycles. The fourth-order valence-corrected chi connectivity index (χ4v) is 3.90. The minimum atomic E-state index is -0.325. The van der Waals surface area contributed by atoms with Crippen LogP contribution in [0.25, 0.3) is 5.57 Å². The molecule has 29 heavy (non-hydrogen) atoms. The Bertz CT molecular complexity index is 1030. The van der Waals surface area contributed by atoms with Crippen LogP contribution in [0.3, 0.4) is 0 Å². The zero-order chi connectivity index (χ0) is 20.4. The van der Waals surface area contributed by atoms with Crippen molar-refractivity contribution in [2.24, 2.45) is 0 Å². The third kappa shape index (κ3) is 3.68. The molecule has 0 aromatic heterocycles. The summed E-state index contributed by atoms with van der Waals surface area (Å²) in [7, 11) is 0. The molecule has 1 aliphatic rings. The number of rotatable bonds is 5. The van der Waals surface area contributed by atoms with Gasteiger partial charge in [0.15, 0.2) is 5.76 Å². The van der Waals surface area contributed by atoms with Crippen molar-refractivity contribution >= 4 is 11.5 Å². The summed E-state index contributed by atoms with van der Waals surface area (Å²) in [4.78, 5) is 14.9. The van der Waals surface area contributed by atoms with E-state index in [9.17, 15) is 9.90 Å². The van der Waals surface area contributed by atoms with E-state index < -0.39 is 0 Å². The SMILES string of the molecule is CCc1ccc([C@@H]2C(c3ccccc3)=C(O)C(=O)N2Cc2ccc(C)cc2)cc1. The topological polar surface area (TPSA) is 40.5 Å². The van der Waals surface area contributed by atoms with Gasteiger partial charge in [0.05, 0.1) is 6.04 Å². The summed E-state index contributed by atoms with van der Waals surface area (Å²) in [6.45, 7) is 4.61. The number of nitrogens with zero attached hydrogens (tertiary/aromatic N) is 1. The van der Waals surface area contributed by atoms with E-state index in [4.69, 9.17) is 0 Å². The number of carbonyl (C=O) groups excluding carboxylic acids is 1. The van der Waals surface area contributed by atoms with Gasteiger partial charge in [0.2, 0.25) is 0 Å². The molecule has 0 saturated carbocycles. The lowest BCUT2D eigenvalue weighted by molar-refractivity contribution is -0.130. The Balaban J connectivity index is 1.79. The van der Waals surface area contributed by atoms with Gasteiger partial charge in [-0.1, -0.05) is 91.3 Å². The Kier molecular flexibility index (Phi) is 5.22. The number of aliphatic hydroxyl groups excluding tert-OH is 1. The second kappa shape index (κ2) is 7.96. The van der Waals surface area contributed by atoms with Gasteiger partial charge in [-0.05, 0) is 35.6 Å². The summed E-state index contributed by atoms with van der Waals surface area (Å²) in [5, 5.41) is 10.8. The van der Waals surface area contributed by atoms with Gasteiger partial charge in [-0.2, -0.15) is 0 Å². The maximum Gasteiger partial charge on any atom is 0.290 e. The summed E-state index contributed by atoms with van der Waals surface area (Å²) < 4.78 is 0. The lowest BCUT2D eigenvalue weighted by Crippen LogP contribution is -2.29. The van der Waals surface area contributed by atoms with E-state index >= 15 is 0 Å². The van der Waals surface area contributed by atoms with Crippen LogP contribution in [0.1, 0.15) is 40.8 Å². The van der Waals surface area contributed by atoms with E-state index in [0.717, 1.165) is 23.1 Å². The second-order valence-corrected chi connectivity index (χ2v) is 7.54. The number of hydrogen-bond acceptors (Lipinski definition) is 2. The molecule has 1 heterocycles. The van der Waals surface area contributed by atoms with Crippen LogP contribution in [-0.2, 0) is 17.8 Å². The average Bonchev–Trinajstić information content (AvgIpc) is 3.01. The minimum Gasteiger partial charge on any atom is -0.503 e. The molecule has 4 rings (SSSR count). The maximum absolute atomic E-state index is 13.1. The molecule has 3 aromatic carbocycles. The Hall–Kier alpha value is -3.33. The van der Waals surface area contributed by atoms with Gasteiger partial charge in [-0.15, -0.1) is 0 Å². The molecule has 1 atom stereocenters. The molecule has 0 spiro atoms. The van der Waals surface area contributed by atoms with Crippen LogP contribution in [0.5, 0.6) is 0 Å². The lowest BCUT2D eigenvalue weighted by atomic mass is 9.92. The molecule has 1 amide bonds. The van der Waals surface area contributed by atoms with Crippen LogP contribution in [0.15, 0.2) is 84.6 Å². The van der Waals surface area contributed by atoms with Crippen LogP contribution in [0.4, 0.5) is 0 Å². The Morgan fingerprint density at radius 2 is 1.48 bits per heavy atom. The highest BCUT2D eigenvalue weighted by Crippen LogP contribution is 2.43. The first-order valence-electron chi connectivity index (χ1n) is 10.0. The fourth-order valence-electron chi connectivity index (χ4n) is 3.90. The molecule has 0 radical (unpaired) electrons. The van der Waals surface area contributed by atoms with E-state index in [-0.39, 0.29) is 17.7 Å². The summed E-state index contributed by atoms with van der Waals surface area (Å²) >= 11 is 0. The highest BCUT2D eigenvalue weighted by atomic mass is 16.3. The lowest BCUT2D eigenvalue weighted by Gasteiger charge is -2.27. The normalized spacial score (nSPS) is 16.6. The van der Waals surface area contributed by atoms with Crippen molar-refractivity contribution in [3.05, 3.63) is 112 Å². The Morgan fingerprint density at radius 1 is 0.862 bits per heavy atom. The summed E-state index contributed by atoms with van der Waals surface area (Å²) in [6.07, 6.45) is 0.962. The van der Waals surface area contributed by atoms with Gasteiger partial charge in [-0.25, -0.2) is 0 Å². The third-order valence-corrected chi connectivity index (χ3v) is 5.57. The van der Waals surface area contributed by atoms with Gasteiger partial charge in [-0.3, -0.25) is 4.79 Å². The van der Waals surface area contributed by atoms with Gasteiger partial charge in [0.25, 0.3) is 5.91 Å². The van der Waals surface area contributed by atoms with Gasteiger partial charge in [0.1, 0.15) is 0 Å². The van der Waals surface area contributed by atoms with E-state index in [1.54, 1.807) is 4.90 Å². The van der Waals surface area contributed by atoms with Crippen LogP contribution < -0.4 is 0 Å². The first-order valence-corrected chi connectivity index (χ1v) is 10.0. The van der Waals surface area contributed by atoms with Crippen molar-refractivity contribution in [1.82, 2.24) is 4.90 Å². The quantitative estimate of drug-likeness (QED) is 0.622. The molecule has 0 bridgehead atoms. The number of amides is 1. The van der Waals surface area contributed by atoms with Gasteiger partial charge in [0, 0.05) is 12.1 Å². The number of carbonyl (C=O) groups is 1. The second-order valence-electron chi connectivity index (χ2n) is 7.54. The van der Waals surface area contributed by atoms with Crippen molar-refractivity contribution < 1.29 is 9.90 Å². The van der Waals surface area contributed by atoms with Crippen molar-refractivity contribution in [2.45, 2.75) is 32.9 Å². The van der Waals surface area contributed by atoms with Crippen molar-refractivity contribution in [3.8, 4) is 0 Å². The number of aliphatic hydroxyl groups is 1. The highest BCUT2D eigenvalue weighted by molar-refractivity contribution is 6.05. The fraction of sp³-hybridized carbons (Fsp3) is 0.192. The van der Waals surface area contributed by atoms with E-state index in [1.807, 2.05) is 61.5 Å². The molecule has 3 heteroatoms. The standard InChI is InChI=1S/C26H25NO2/c1-3-19-13-15-22(16-14-19)24-23(21-7-5-4-6-8-21)25(28)26(29)27(24)17-20-11-9-18(2)10-12-20/h4-16,24,28H,3,17H2,1-2H3/t24-/m1/s1. The zero-order valence-corrected chi connectivity index (χ0v) is 16.8. The predicted molar refractivity (Wildman–Crippen MR) is 116 cm³/mol. The molecule has 0 unspecified atom stereocenters. The zero-order valence-electron chi connectivity index (χ0n) is 16.8. The first kappa shape index (κ1) is 19.0. The third-order valence-electron chi connectivity index (χ3n) is 5.57. The largest absolute Gasteiger partial charge is 0.503 e. The summed E-state index contributed by atoms with van der Waals surface area (Å²) in [6, 6.07) is 25.9. The van der Waals surface area contributed by atoms with Crippen LogP contribution in [0.2, 0.25) is 0 Å². The molecule has 0 fully saturated rings. The molecule has 3 aromatic rings. The predicted octanol–water partition coefficient (Wildman–Crippen LogP) is 5.61. The molecule has 3 nitrogen and oxygen atoms in total. The van der Waals surface area contributed by atoms with E-state index in [2.05, 4.69) is 31.2 Å². The number of benzene rings is 3. The monoisotopic (exact) mass is 383 g/mol. The first-order chi connectivity index (χ1) is 14.1. The van der Waals surface area contributed by atoms with Crippen molar-refractivity contribution in [2.75, 3.05) is 0 Å². The average molecular weight is 383 g/mol. The summed E-state index contributed by atoms with van der Waals surface area (Å²) in [5.41, 5.74) is 6.02. The molecule has 0 saturated heterocycles.